The van der Waals surface area contributed by atoms with Gasteiger partial charge in [0.1, 0.15) is 0 Å². The molecule has 0 aliphatic rings. The summed E-state index contributed by atoms with van der Waals surface area (Å²) >= 11 is 12.0. The van der Waals surface area contributed by atoms with E-state index in [1.165, 1.54) is 0 Å². The van der Waals surface area contributed by atoms with Gasteiger partial charge in [0.2, 0.25) is 5.95 Å². The van der Waals surface area contributed by atoms with Gasteiger partial charge in [0.05, 0.1) is 15.7 Å². The number of nitrogens with zero attached hydrogens (tertiary/aromatic N) is 2. The predicted octanol–water partition coefficient (Wildman–Crippen LogP) is 4.67. The highest BCUT2D eigenvalue weighted by Gasteiger charge is 2.07. The molecule has 0 aliphatic carbocycles. The van der Waals surface area contributed by atoms with Gasteiger partial charge < -0.3 is 14.6 Å². The van der Waals surface area contributed by atoms with E-state index >= 15 is 0 Å². The Balaban J connectivity index is 2.06. The molecular weight excluding hydrogens is 309 g/mol. The van der Waals surface area contributed by atoms with Crippen LogP contribution in [0.3, 0.4) is 0 Å². The molecule has 1 aromatic carbocycles. The topological polar surface area (TPSA) is 39.1 Å². The van der Waals surface area contributed by atoms with E-state index in [2.05, 4.69) is 14.9 Å². The van der Waals surface area contributed by atoms with Crippen LogP contribution in [0.1, 0.15) is 19.0 Å². The van der Waals surface area contributed by atoms with E-state index in [1.54, 1.807) is 12.1 Å². The molecule has 4 nitrogen and oxygen atoms in total. The van der Waals surface area contributed by atoms with Gasteiger partial charge in [0.25, 0.3) is 0 Å². The Bertz CT molecular complexity index is 599. The van der Waals surface area contributed by atoms with Crippen molar-refractivity contribution in [2.45, 2.75) is 26.8 Å². The minimum atomic E-state index is 0.521. The van der Waals surface area contributed by atoms with Crippen molar-refractivity contribution in [2.24, 2.45) is 0 Å². The van der Waals surface area contributed by atoms with Crippen LogP contribution >= 0.6 is 23.2 Å². The Morgan fingerprint density at radius 1 is 1.29 bits per heavy atom. The molecule has 0 bridgehead atoms. The molecule has 0 saturated carbocycles. The third-order valence-electron chi connectivity index (χ3n) is 2.96. The average molecular weight is 328 g/mol. The van der Waals surface area contributed by atoms with Crippen LogP contribution in [0.15, 0.2) is 24.4 Å². The van der Waals surface area contributed by atoms with Gasteiger partial charge in [-0.2, -0.15) is 0 Å². The number of halogens is 2. The summed E-state index contributed by atoms with van der Waals surface area (Å²) in [7, 11) is 0. The standard InChI is InChI=1S/C15H19Cl2N3O/c1-3-21-8-4-7-20-10-11(2)18-15(20)19-12-5-6-13(16)14(17)9-12/h5-6,9-10H,3-4,7-8H2,1-2H3,(H,18,19). The van der Waals surface area contributed by atoms with Crippen molar-refractivity contribution in [2.75, 3.05) is 18.5 Å². The lowest BCUT2D eigenvalue weighted by Gasteiger charge is -2.10. The minimum absolute atomic E-state index is 0.521. The third-order valence-corrected chi connectivity index (χ3v) is 3.70. The fourth-order valence-electron chi connectivity index (χ4n) is 2.00. The van der Waals surface area contributed by atoms with Gasteiger partial charge in [-0.3, -0.25) is 0 Å². The van der Waals surface area contributed by atoms with Gasteiger partial charge in [0, 0.05) is 31.6 Å². The SMILES string of the molecule is CCOCCCn1cc(C)nc1Nc1ccc(Cl)c(Cl)c1. The van der Waals surface area contributed by atoms with E-state index in [1.807, 2.05) is 26.1 Å². The number of ether oxygens (including phenoxy) is 1. The lowest BCUT2D eigenvalue weighted by Crippen LogP contribution is -2.06. The number of nitrogens with one attached hydrogen (secondary N) is 1. The van der Waals surface area contributed by atoms with E-state index in [9.17, 15) is 0 Å². The molecule has 1 N–H and O–H groups in total. The van der Waals surface area contributed by atoms with Gasteiger partial charge in [-0.1, -0.05) is 23.2 Å². The molecule has 2 rings (SSSR count). The number of anilines is 2. The first-order valence-electron chi connectivity index (χ1n) is 6.93. The molecule has 6 heteroatoms. The number of benzene rings is 1. The molecule has 1 aromatic heterocycles. The van der Waals surface area contributed by atoms with E-state index < -0.39 is 0 Å². The highest BCUT2D eigenvalue weighted by atomic mass is 35.5. The van der Waals surface area contributed by atoms with E-state index in [0.29, 0.717) is 10.0 Å². The first kappa shape index (κ1) is 16.1. The van der Waals surface area contributed by atoms with Crippen molar-refractivity contribution in [3.8, 4) is 0 Å². The summed E-state index contributed by atoms with van der Waals surface area (Å²) in [5.41, 5.74) is 1.83. The lowest BCUT2D eigenvalue weighted by molar-refractivity contribution is 0.142. The second-order valence-electron chi connectivity index (χ2n) is 4.70. The van der Waals surface area contributed by atoms with Crippen molar-refractivity contribution in [1.29, 1.82) is 0 Å². The smallest absolute Gasteiger partial charge is 0.207 e. The van der Waals surface area contributed by atoms with E-state index in [-0.39, 0.29) is 0 Å². The molecular formula is C15H19Cl2N3O. The molecule has 114 valence electrons. The van der Waals surface area contributed by atoms with Crippen LogP contribution in [-0.2, 0) is 11.3 Å². The molecule has 0 fully saturated rings. The summed E-state index contributed by atoms with van der Waals surface area (Å²) in [6, 6.07) is 5.43. The Labute approximate surface area is 135 Å². The molecule has 0 unspecified atom stereocenters. The molecule has 1 heterocycles. The Kier molecular flexibility index (Phi) is 5.91. The van der Waals surface area contributed by atoms with Gasteiger partial charge >= 0.3 is 0 Å². The van der Waals surface area contributed by atoms with Crippen molar-refractivity contribution in [3.63, 3.8) is 0 Å². The van der Waals surface area contributed by atoms with Crippen molar-refractivity contribution < 1.29 is 4.74 Å². The van der Waals surface area contributed by atoms with Crippen LogP contribution in [0.5, 0.6) is 0 Å². The normalized spacial score (nSPS) is 10.9. The maximum Gasteiger partial charge on any atom is 0.207 e. The first-order valence-corrected chi connectivity index (χ1v) is 7.69. The molecule has 21 heavy (non-hydrogen) atoms. The van der Waals surface area contributed by atoms with Gasteiger partial charge in [-0.05, 0) is 38.5 Å². The highest BCUT2D eigenvalue weighted by Crippen LogP contribution is 2.26. The summed E-state index contributed by atoms with van der Waals surface area (Å²) in [4.78, 5) is 4.49. The fourth-order valence-corrected chi connectivity index (χ4v) is 2.30. The molecule has 0 atom stereocenters. The summed E-state index contributed by atoms with van der Waals surface area (Å²) in [6.07, 6.45) is 2.96. The maximum atomic E-state index is 6.03. The molecule has 0 aliphatic heterocycles. The second kappa shape index (κ2) is 7.69. The van der Waals surface area contributed by atoms with Crippen LogP contribution in [0.25, 0.3) is 0 Å². The van der Waals surface area contributed by atoms with Gasteiger partial charge in [-0.25, -0.2) is 4.98 Å². The Hall–Kier alpha value is -1.23. The summed E-state index contributed by atoms with van der Waals surface area (Å²) < 4.78 is 7.44. The van der Waals surface area contributed by atoms with Crippen LogP contribution in [-0.4, -0.2) is 22.8 Å². The zero-order valence-electron chi connectivity index (χ0n) is 12.2. The number of rotatable bonds is 7. The number of hydrogen-bond acceptors (Lipinski definition) is 3. The van der Waals surface area contributed by atoms with E-state index in [4.69, 9.17) is 27.9 Å². The molecule has 0 spiro atoms. The highest BCUT2D eigenvalue weighted by molar-refractivity contribution is 6.42. The number of hydrogen-bond donors (Lipinski definition) is 1. The Morgan fingerprint density at radius 2 is 2.10 bits per heavy atom. The lowest BCUT2D eigenvalue weighted by atomic mass is 10.3. The molecule has 0 amide bonds. The van der Waals surface area contributed by atoms with Gasteiger partial charge in [0.15, 0.2) is 0 Å². The second-order valence-corrected chi connectivity index (χ2v) is 5.52. The molecule has 0 saturated heterocycles. The quantitative estimate of drug-likeness (QED) is 0.751. The summed E-state index contributed by atoms with van der Waals surface area (Å²) in [5.74, 6) is 0.794. The summed E-state index contributed by atoms with van der Waals surface area (Å²) in [5, 5.41) is 4.33. The van der Waals surface area contributed by atoms with Gasteiger partial charge in [-0.15, -0.1) is 0 Å². The van der Waals surface area contributed by atoms with Crippen molar-refractivity contribution >= 4 is 34.8 Å². The van der Waals surface area contributed by atoms with Crippen LogP contribution in [0.2, 0.25) is 10.0 Å². The number of aromatic nitrogens is 2. The van der Waals surface area contributed by atoms with Crippen LogP contribution in [0.4, 0.5) is 11.6 Å². The molecule has 0 radical (unpaired) electrons. The maximum absolute atomic E-state index is 6.03. The third kappa shape index (κ3) is 4.63. The van der Waals surface area contributed by atoms with Crippen LogP contribution in [0, 0.1) is 6.92 Å². The largest absolute Gasteiger partial charge is 0.382 e. The molecule has 2 aromatic rings. The monoisotopic (exact) mass is 327 g/mol. The predicted molar refractivity (Wildman–Crippen MR) is 87.8 cm³/mol. The zero-order chi connectivity index (χ0) is 15.2. The van der Waals surface area contributed by atoms with E-state index in [0.717, 1.165) is 43.5 Å². The number of aryl methyl sites for hydroxylation is 2. The minimum Gasteiger partial charge on any atom is -0.382 e. The Morgan fingerprint density at radius 3 is 2.81 bits per heavy atom. The average Bonchev–Trinajstić information content (AvgIpc) is 2.79. The van der Waals surface area contributed by atoms with Crippen molar-refractivity contribution in [1.82, 2.24) is 9.55 Å². The van der Waals surface area contributed by atoms with Crippen molar-refractivity contribution in [3.05, 3.63) is 40.1 Å². The fraction of sp³-hybridized carbons (Fsp3) is 0.400. The van der Waals surface area contributed by atoms with Crippen LogP contribution < -0.4 is 5.32 Å². The zero-order valence-corrected chi connectivity index (χ0v) is 13.7. The summed E-state index contributed by atoms with van der Waals surface area (Å²) in [6.45, 7) is 6.32. The number of imidazole rings is 1. The first-order chi connectivity index (χ1) is 10.1.